The lowest BCUT2D eigenvalue weighted by Gasteiger charge is -2.16. The minimum absolute atomic E-state index is 0.890. The number of fused-ring (bicyclic) bond motifs is 11. The summed E-state index contributed by atoms with van der Waals surface area (Å²) in [5, 5.41) is 12.1. The zero-order valence-corrected chi connectivity index (χ0v) is 27.0. The zero-order valence-electron chi connectivity index (χ0n) is 27.0. The second-order valence-corrected chi connectivity index (χ2v) is 13.2. The SMILES string of the molecule is c1ccc2c(c1)ccc1cc(-c3cc(-c4cccc5oc6ccccc6c45)cc(-c4cccc5oc6ccccc6c45)c3)c3ccccc3c12. The van der Waals surface area contributed by atoms with Gasteiger partial charge in [0.1, 0.15) is 22.3 Å². The molecule has 50 heavy (non-hydrogen) atoms. The largest absolute Gasteiger partial charge is 0.456 e. The summed E-state index contributed by atoms with van der Waals surface area (Å²) in [5.41, 5.74) is 10.5. The molecule has 0 saturated heterocycles. The Hall–Kier alpha value is -6.64. The summed E-state index contributed by atoms with van der Waals surface area (Å²) in [6.45, 7) is 0. The van der Waals surface area contributed by atoms with E-state index in [4.69, 9.17) is 8.83 Å². The molecule has 0 radical (unpaired) electrons. The quantitative estimate of drug-likeness (QED) is 0.180. The molecule has 2 aromatic heterocycles. The highest BCUT2D eigenvalue weighted by Gasteiger charge is 2.19. The average Bonchev–Trinajstić information content (AvgIpc) is 3.76. The molecule has 0 bridgehead atoms. The Morgan fingerprint density at radius 1 is 0.260 bits per heavy atom. The third-order valence-electron chi connectivity index (χ3n) is 10.4. The first-order valence-corrected chi connectivity index (χ1v) is 17.1. The van der Waals surface area contributed by atoms with E-state index in [0.717, 1.165) is 66.1 Å². The summed E-state index contributed by atoms with van der Waals surface area (Å²) in [4.78, 5) is 0. The van der Waals surface area contributed by atoms with E-state index in [1.807, 2.05) is 12.1 Å². The van der Waals surface area contributed by atoms with Crippen LogP contribution in [-0.2, 0) is 0 Å². The van der Waals surface area contributed by atoms with Gasteiger partial charge in [-0.15, -0.1) is 0 Å². The molecule has 11 rings (SSSR count). The molecule has 2 nitrogen and oxygen atoms in total. The van der Waals surface area contributed by atoms with Crippen molar-refractivity contribution in [1.82, 2.24) is 0 Å². The van der Waals surface area contributed by atoms with Crippen molar-refractivity contribution in [3.8, 4) is 33.4 Å². The van der Waals surface area contributed by atoms with Gasteiger partial charge < -0.3 is 8.83 Å². The molecule has 0 N–H and O–H groups in total. The number of rotatable bonds is 3. The minimum Gasteiger partial charge on any atom is -0.456 e. The van der Waals surface area contributed by atoms with Gasteiger partial charge >= 0.3 is 0 Å². The van der Waals surface area contributed by atoms with E-state index in [9.17, 15) is 0 Å². The maximum Gasteiger partial charge on any atom is 0.136 e. The van der Waals surface area contributed by atoms with Gasteiger partial charge in [-0.3, -0.25) is 0 Å². The lowest BCUT2D eigenvalue weighted by molar-refractivity contribution is 0.668. The van der Waals surface area contributed by atoms with Crippen LogP contribution < -0.4 is 0 Å². The van der Waals surface area contributed by atoms with E-state index in [-0.39, 0.29) is 0 Å². The van der Waals surface area contributed by atoms with E-state index < -0.39 is 0 Å². The molecule has 0 atom stereocenters. The van der Waals surface area contributed by atoms with Gasteiger partial charge in [-0.1, -0.05) is 121 Å². The molecule has 0 unspecified atom stereocenters. The van der Waals surface area contributed by atoms with Crippen molar-refractivity contribution in [2.45, 2.75) is 0 Å². The molecule has 0 spiro atoms. The van der Waals surface area contributed by atoms with Crippen LogP contribution in [0.25, 0.3) is 110 Å². The van der Waals surface area contributed by atoms with Crippen molar-refractivity contribution >= 4 is 76.2 Å². The van der Waals surface area contributed by atoms with E-state index >= 15 is 0 Å². The van der Waals surface area contributed by atoms with Gasteiger partial charge in [0.05, 0.1) is 0 Å². The number of hydrogen-bond acceptors (Lipinski definition) is 2. The summed E-state index contributed by atoms with van der Waals surface area (Å²) in [6.07, 6.45) is 0. The summed E-state index contributed by atoms with van der Waals surface area (Å²) < 4.78 is 12.7. The number of benzene rings is 9. The molecule has 2 heteroatoms. The smallest absolute Gasteiger partial charge is 0.136 e. The Balaban J connectivity index is 1.26. The molecule has 0 saturated carbocycles. The van der Waals surface area contributed by atoms with Crippen LogP contribution in [0.2, 0.25) is 0 Å². The summed E-state index contributed by atoms with van der Waals surface area (Å²) in [7, 11) is 0. The minimum atomic E-state index is 0.890. The van der Waals surface area contributed by atoms with Gasteiger partial charge in [0, 0.05) is 21.5 Å². The summed E-state index contributed by atoms with van der Waals surface area (Å²) >= 11 is 0. The first-order chi connectivity index (χ1) is 24.8. The van der Waals surface area contributed by atoms with Crippen molar-refractivity contribution in [2.75, 3.05) is 0 Å². The second kappa shape index (κ2) is 10.4. The van der Waals surface area contributed by atoms with Crippen LogP contribution in [-0.4, -0.2) is 0 Å². The van der Waals surface area contributed by atoms with Gasteiger partial charge in [0.25, 0.3) is 0 Å². The van der Waals surface area contributed by atoms with Gasteiger partial charge in [0.15, 0.2) is 0 Å². The molecule has 0 aliphatic carbocycles. The van der Waals surface area contributed by atoms with Crippen LogP contribution in [0.3, 0.4) is 0 Å². The number of hydrogen-bond donors (Lipinski definition) is 0. The molecule has 11 aromatic rings. The average molecular weight is 637 g/mol. The number of para-hydroxylation sites is 2. The normalized spacial score (nSPS) is 12.0. The Morgan fingerprint density at radius 3 is 1.34 bits per heavy atom. The molecule has 2 heterocycles. The molecular weight excluding hydrogens is 609 g/mol. The van der Waals surface area contributed by atoms with Crippen LogP contribution in [0.1, 0.15) is 0 Å². The first-order valence-electron chi connectivity index (χ1n) is 17.1. The summed E-state index contributed by atoms with van der Waals surface area (Å²) in [5.74, 6) is 0. The highest BCUT2D eigenvalue weighted by Crippen LogP contribution is 2.45. The molecule has 232 valence electrons. The molecular formula is C48H28O2. The fraction of sp³-hybridized carbons (Fsp3) is 0. The van der Waals surface area contributed by atoms with Gasteiger partial charge in [-0.25, -0.2) is 0 Å². The Morgan fingerprint density at radius 2 is 0.720 bits per heavy atom. The van der Waals surface area contributed by atoms with Crippen LogP contribution in [0.5, 0.6) is 0 Å². The third-order valence-corrected chi connectivity index (χ3v) is 10.4. The molecule has 0 amide bonds. The maximum absolute atomic E-state index is 6.37. The fourth-order valence-electron chi connectivity index (χ4n) is 8.24. The third kappa shape index (κ3) is 3.96. The predicted molar refractivity (Wildman–Crippen MR) is 210 cm³/mol. The van der Waals surface area contributed by atoms with E-state index in [2.05, 4.69) is 158 Å². The maximum atomic E-state index is 6.37. The highest BCUT2D eigenvalue weighted by molar-refractivity contribution is 6.23. The highest BCUT2D eigenvalue weighted by atomic mass is 16.3. The first kappa shape index (κ1) is 27.3. The molecule has 0 aliphatic heterocycles. The standard InChI is InChI=1S/C48H28O2/c1-2-12-34-29(11-1)23-24-30-28-41(37-13-3-4-14-38(37)46(30)34)33-26-31(35-17-9-21-44-47(35)39-15-5-7-19-42(39)49-44)25-32(27-33)36-18-10-22-45-48(36)40-16-6-8-20-43(40)50-45/h1-28H. The van der Waals surface area contributed by atoms with Gasteiger partial charge in [-0.05, 0) is 114 Å². The molecule has 0 fully saturated rings. The van der Waals surface area contributed by atoms with Gasteiger partial charge in [0.2, 0.25) is 0 Å². The fourth-order valence-corrected chi connectivity index (χ4v) is 8.24. The van der Waals surface area contributed by atoms with Crippen molar-refractivity contribution in [3.63, 3.8) is 0 Å². The van der Waals surface area contributed by atoms with Crippen molar-refractivity contribution in [3.05, 3.63) is 170 Å². The monoisotopic (exact) mass is 636 g/mol. The van der Waals surface area contributed by atoms with Crippen molar-refractivity contribution in [2.24, 2.45) is 0 Å². The predicted octanol–water partition coefficient (Wildman–Crippen LogP) is 13.9. The Bertz CT molecular complexity index is 3020. The lowest BCUT2D eigenvalue weighted by Crippen LogP contribution is -1.90. The van der Waals surface area contributed by atoms with Crippen LogP contribution in [0.4, 0.5) is 0 Å². The topological polar surface area (TPSA) is 26.3 Å². The zero-order chi connectivity index (χ0) is 32.8. The van der Waals surface area contributed by atoms with Crippen LogP contribution in [0.15, 0.2) is 179 Å². The van der Waals surface area contributed by atoms with Crippen LogP contribution >= 0.6 is 0 Å². The van der Waals surface area contributed by atoms with Crippen molar-refractivity contribution < 1.29 is 8.83 Å². The Labute approximate surface area is 287 Å². The van der Waals surface area contributed by atoms with Gasteiger partial charge in [-0.2, -0.15) is 0 Å². The summed E-state index contributed by atoms with van der Waals surface area (Å²) in [6, 6.07) is 61.0. The molecule has 0 aliphatic rings. The van der Waals surface area contributed by atoms with Crippen molar-refractivity contribution in [1.29, 1.82) is 0 Å². The number of furan rings is 2. The lowest BCUT2D eigenvalue weighted by atomic mass is 9.87. The van der Waals surface area contributed by atoms with Crippen LogP contribution in [0, 0.1) is 0 Å². The van der Waals surface area contributed by atoms with E-state index in [1.54, 1.807) is 0 Å². The van der Waals surface area contributed by atoms with E-state index in [0.29, 0.717) is 0 Å². The Kier molecular flexibility index (Phi) is 5.70. The van der Waals surface area contributed by atoms with E-state index in [1.165, 1.54) is 43.4 Å². The second-order valence-electron chi connectivity index (χ2n) is 13.2. The molecule has 9 aromatic carbocycles.